The maximum atomic E-state index is 3.75. The van der Waals surface area contributed by atoms with Gasteiger partial charge in [0.15, 0.2) is 0 Å². The summed E-state index contributed by atoms with van der Waals surface area (Å²) in [6, 6.07) is 7.39. The van der Waals surface area contributed by atoms with Gasteiger partial charge in [-0.1, -0.05) is 51.5 Å². The summed E-state index contributed by atoms with van der Waals surface area (Å²) in [5.74, 6) is 1.42. The molecule has 108 valence electrons. The van der Waals surface area contributed by atoms with E-state index in [1.54, 1.807) is 0 Å². The van der Waals surface area contributed by atoms with Crippen molar-refractivity contribution < 1.29 is 0 Å². The molecule has 1 heteroatoms. The molecule has 0 fully saturated rings. The molecule has 0 amide bonds. The number of benzene rings is 1. The normalized spacial score (nSPS) is 14.7. The third-order valence-corrected chi connectivity index (χ3v) is 4.29. The molecule has 1 rings (SSSR count). The summed E-state index contributed by atoms with van der Waals surface area (Å²) < 4.78 is 0. The lowest BCUT2D eigenvalue weighted by atomic mass is 9.85. The van der Waals surface area contributed by atoms with Gasteiger partial charge in [-0.15, -0.1) is 0 Å². The topological polar surface area (TPSA) is 12.0 Å². The van der Waals surface area contributed by atoms with Gasteiger partial charge in [-0.25, -0.2) is 0 Å². The van der Waals surface area contributed by atoms with Crippen LogP contribution in [0, 0.1) is 25.7 Å². The number of hydrogen-bond donors (Lipinski definition) is 1. The Morgan fingerprint density at radius 1 is 1.11 bits per heavy atom. The van der Waals surface area contributed by atoms with Gasteiger partial charge in [0.1, 0.15) is 0 Å². The second kappa shape index (κ2) is 7.69. The first-order chi connectivity index (χ1) is 8.95. The van der Waals surface area contributed by atoms with Crippen molar-refractivity contribution in [3.8, 4) is 0 Å². The smallest absolute Gasteiger partial charge is 0.0136 e. The number of aryl methyl sites for hydroxylation is 2. The highest BCUT2D eigenvalue weighted by molar-refractivity contribution is 5.31. The van der Waals surface area contributed by atoms with Crippen LogP contribution in [0.15, 0.2) is 18.2 Å². The fraction of sp³-hybridized carbons (Fsp3) is 0.667. The van der Waals surface area contributed by atoms with Crippen LogP contribution >= 0.6 is 0 Å². The maximum absolute atomic E-state index is 3.75. The van der Waals surface area contributed by atoms with Crippen molar-refractivity contribution >= 4 is 0 Å². The Bertz CT molecular complexity index is 381. The van der Waals surface area contributed by atoms with E-state index in [1.165, 1.54) is 23.1 Å². The quantitative estimate of drug-likeness (QED) is 0.761. The van der Waals surface area contributed by atoms with E-state index in [0.717, 1.165) is 18.9 Å². The molecule has 0 aliphatic rings. The first kappa shape index (κ1) is 16.2. The summed E-state index contributed by atoms with van der Waals surface area (Å²) in [6.45, 7) is 14.8. The predicted molar refractivity (Wildman–Crippen MR) is 85.7 cm³/mol. The zero-order valence-electron chi connectivity index (χ0n) is 13.6. The van der Waals surface area contributed by atoms with Crippen molar-refractivity contribution in [1.82, 2.24) is 5.32 Å². The molecule has 0 aromatic heterocycles. The molecular weight excluding hydrogens is 230 g/mol. The van der Waals surface area contributed by atoms with Gasteiger partial charge in [0, 0.05) is 6.04 Å². The van der Waals surface area contributed by atoms with Gasteiger partial charge in [-0.3, -0.25) is 0 Å². The monoisotopic (exact) mass is 261 g/mol. The van der Waals surface area contributed by atoms with Crippen molar-refractivity contribution in [3.05, 3.63) is 34.9 Å². The molecule has 2 unspecified atom stereocenters. The van der Waals surface area contributed by atoms with Crippen LogP contribution in [0.25, 0.3) is 0 Å². The Kier molecular flexibility index (Phi) is 6.57. The minimum Gasteiger partial charge on any atom is -0.313 e. The first-order valence-electron chi connectivity index (χ1n) is 7.75. The third-order valence-electron chi connectivity index (χ3n) is 4.29. The lowest BCUT2D eigenvalue weighted by Gasteiger charge is -2.29. The van der Waals surface area contributed by atoms with E-state index in [2.05, 4.69) is 65.1 Å². The SMILES string of the molecule is CCCNC(Cc1cc(C)ccc1C)C(C)C(C)C. The molecule has 1 nitrogen and oxygen atoms in total. The van der Waals surface area contributed by atoms with E-state index in [4.69, 9.17) is 0 Å². The molecular formula is C18H31N. The Labute approximate surface area is 119 Å². The highest BCUT2D eigenvalue weighted by Crippen LogP contribution is 2.21. The van der Waals surface area contributed by atoms with Crippen LogP contribution in [-0.2, 0) is 6.42 Å². The summed E-state index contributed by atoms with van der Waals surface area (Å²) >= 11 is 0. The summed E-state index contributed by atoms with van der Waals surface area (Å²) in [7, 11) is 0. The Morgan fingerprint density at radius 3 is 2.37 bits per heavy atom. The van der Waals surface area contributed by atoms with Crippen LogP contribution in [0.3, 0.4) is 0 Å². The molecule has 0 aliphatic carbocycles. The Morgan fingerprint density at radius 2 is 1.79 bits per heavy atom. The number of nitrogens with one attached hydrogen (secondary N) is 1. The molecule has 0 aliphatic heterocycles. The van der Waals surface area contributed by atoms with E-state index in [1.807, 2.05) is 0 Å². The van der Waals surface area contributed by atoms with Gasteiger partial charge in [0.25, 0.3) is 0 Å². The minimum absolute atomic E-state index is 0.584. The molecule has 1 N–H and O–H groups in total. The van der Waals surface area contributed by atoms with E-state index in [9.17, 15) is 0 Å². The molecule has 0 saturated carbocycles. The van der Waals surface area contributed by atoms with Crippen molar-refractivity contribution in [3.63, 3.8) is 0 Å². The number of rotatable bonds is 7. The zero-order valence-corrected chi connectivity index (χ0v) is 13.6. The van der Waals surface area contributed by atoms with E-state index < -0.39 is 0 Å². The molecule has 1 aromatic rings. The molecule has 0 radical (unpaired) electrons. The van der Waals surface area contributed by atoms with Crippen molar-refractivity contribution in [1.29, 1.82) is 0 Å². The molecule has 0 saturated heterocycles. The van der Waals surface area contributed by atoms with E-state index >= 15 is 0 Å². The van der Waals surface area contributed by atoms with Crippen molar-refractivity contribution in [2.75, 3.05) is 6.54 Å². The van der Waals surface area contributed by atoms with Gasteiger partial charge in [-0.2, -0.15) is 0 Å². The second-order valence-electron chi connectivity index (χ2n) is 6.30. The summed E-state index contributed by atoms with van der Waals surface area (Å²) in [5.41, 5.74) is 4.29. The van der Waals surface area contributed by atoms with Crippen LogP contribution in [0.2, 0.25) is 0 Å². The summed E-state index contributed by atoms with van der Waals surface area (Å²) in [4.78, 5) is 0. The lowest BCUT2D eigenvalue weighted by molar-refractivity contribution is 0.296. The molecule has 19 heavy (non-hydrogen) atoms. The standard InChI is InChI=1S/C18H31N/c1-7-10-19-18(16(6)13(2)3)12-17-11-14(4)8-9-15(17)5/h8-9,11,13,16,18-19H,7,10,12H2,1-6H3. The van der Waals surface area contributed by atoms with Crippen molar-refractivity contribution in [2.45, 2.75) is 60.4 Å². The van der Waals surface area contributed by atoms with Gasteiger partial charge in [0.2, 0.25) is 0 Å². The summed E-state index contributed by atoms with van der Waals surface area (Å²) in [5, 5.41) is 3.75. The lowest BCUT2D eigenvalue weighted by Crippen LogP contribution is -2.39. The highest BCUT2D eigenvalue weighted by atomic mass is 14.9. The predicted octanol–water partition coefficient (Wildman–Crippen LogP) is 4.51. The Hall–Kier alpha value is -0.820. The molecule has 1 aromatic carbocycles. The second-order valence-corrected chi connectivity index (χ2v) is 6.30. The number of hydrogen-bond acceptors (Lipinski definition) is 1. The van der Waals surface area contributed by atoms with Gasteiger partial charge in [-0.05, 0) is 56.2 Å². The summed E-state index contributed by atoms with van der Waals surface area (Å²) in [6.07, 6.45) is 2.35. The van der Waals surface area contributed by atoms with Crippen molar-refractivity contribution in [2.24, 2.45) is 11.8 Å². The largest absolute Gasteiger partial charge is 0.313 e. The minimum atomic E-state index is 0.584. The average molecular weight is 261 g/mol. The van der Waals surface area contributed by atoms with Gasteiger partial charge in [0.05, 0.1) is 0 Å². The van der Waals surface area contributed by atoms with E-state index in [0.29, 0.717) is 12.0 Å². The average Bonchev–Trinajstić information content (AvgIpc) is 2.37. The molecule has 2 atom stereocenters. The van der Waals surface area contributed by atoms with Crippen LogP contribution < -0.4 is 5.32 Å². The molecule has 0 bridgehead atoms. The van der Waals surface area contributed by atoms with Gasteiger partial charge >= 0.3 is 0 Å². The fourth-order valence-electron chi connectivity index (χ4n) is 2.50. The maximum Gasteiger partial charge on any atom is 0.0136 e. The van der Waals surface area contributed by atoms with Gasteiger partial charge < -0.3 is 5.32 Å². The van der Waals surface area contributed by atoms with E-state index in [-0.39, 0.29) is 0 Å². The van der Waals surface area contributed by atoms with Crippen LogP contribution in [-0.4, -0.2) is 12.6 Å². The molecule has 0 spiro atoms. The van der Waals surface area contributed by atoms with Crippen LogP contribution in [0.5, 0.6) is 0 Å². The third kappa shape index (κ3) is 4.99. The first-order valence-corrected chi connectivity index (χ1v) is 7.75. The Balaban J connectivity index is 2.83. The molecule has 0 heterocycles. The fourth-order valence-corrected chi connectivity index (χ4v) is 2.50. The highest BCUT2D eigenvalue weighted by Gasteiger charge is 2.20. The zero-order chi connectivity index (χ0) is 14.4. The van der Waals surface area contributed by atoms with Crippen LogP contribution in [0.4, 0.5) is 0 Å². The van der Waals surface area contributed by atoms with Crippen LogP contribution in [0.1, 0.15) is 50.8 Å².